The molecule has 8 heteroatoms. The third-order valence-electron chi connectivity index (χ3n) is 3.69. The zero-order chi connectivity index (χ0) is 18.8. The first-order valence-corrected chi connectivity index (χ1v) is 7.99. The number of methoxy groups -OCH3 is 1. The maximum atomic E-state index is 14.5. The lowest BCUT2D eigenvalue weighted by Crippen LogP contribution is -2.41. The Balaban J connectivity index is 2.56. The number of rotatable bonds is 6. The van der Waals surface area contributed by atoms with Gasteiger partial charge in [-0.2, -0.15) is 0 Å². The molecule has 7 nitrogen and oxygen atoms in total. The van der Waals surface area contributed by atoms with Crippen LogP contribution in [0.1, 0.15) is 33.4 Å². The first-order chi connectivity index (χ1) is 11.7. The van der Waals surface area contributed by atoms with E-state index in [0.717, 1.165) is 4.40 Å². The number of anilines is 1. The number of aryl methyl sites for hydroxylation is 1. The highest BCUT2D eigenvalue weighted by atomic mass is 19.1. The van der Waals surface area contributed by atoms with Crippen molar-refractivity contribution in [2.45, 2.75) is 39.7 Å². The second-order valence-electron chi connectivity index (χ2n) is 5.99. The molecule has 0 atom stereocenters. The van der Waals surface area contributed by atoms with E-state index in [1.54, 1.807) is 27.7 Å². The standard InChI is InChI=1S/C17H22FN3O4/c1-6-12-13(24-5)15(22)21-9-10(8-11(18)14(21)19-12)20-17(3,4)16(23)25-7-2/h8-9,20H,6-7H2,1-5H3. The van der Waals surface area contributed by atoms with Gasteiger partial charge in [0.25, 0.3) is 0 Å². The molecule has 0 radical (unpaired) electrons. The fourth-order valence-corrected chi connectivity index (χ4v) is 2.46. The van der Waals surface area contributed by atoms with E-state index in [1.165, 1.54) is 19.4 Å². The summed E-state index contributed by atoms with van der Waals surface area (Å²) in [6.45, 7) is 6.95. The lowest BCUT2D eigenvalue weighted by molar-refractivity contribution is -0.147. The van der Waals surface area contributed by atoms with Crippen LogP contribution in [0.25, 0.3) is 5.65 Å². The molecule has 0 aromatic carbocycles. The largest absolute Gasteiger partial charge is 0.490 e. The number of nitrogens with zero attached hydrogens (tertiary/aromatic N) is 2. The molecular weight excluding hydrogens is 329 g/mol. The normalized spacial score (nSPS) is 11.4. The Labute approximate surface area is 144 Å². The minimum absolute atomic E-state index is 0.0706. The predicted molar refractivity (Wildman–Crippen MR) is 91.7 cm³/mol. The fraction of sp³-hybridized carbons (Fsp3) is 0.471. The van der Waals surface area contributed by atoms with Gasteiger partial charge in [0, 0.05) is 12.3 Å². The van der Waals surface area contributed by atoms with Gasteiger partial charge in [-0.05, 0) is 27.2 Å². The van der Waals surface area contributed by atoms with Crippen LogP contribution in [-0.4, -0.2) is 34.6 Å². The van der Waals surface area contributed by atoms with E-state index in [0.29, 0.717) is 12.1 Å². The summed E-state index contributed by atoms with van der Waals surface area (Å²) in [6.07, 6.45) is 1.82. The third kappa shape index (κ3) is 3.57. The lowest BCUT2D eigenvalue weighted by Gasteiger charge is -2.25. The van der Waals surface area contributed by atoms with Crippen molar-refractivity contribution < 1.29 is 18.7 Å². The molecule has 136 valence electrons. The molecule has 1 N–H and O–H groups in total. The number of carbonyl (C=O) groups is 1. The highest BCUT2D eigenvalue weighted by molar-refractivity contribution is 5.83. The monoisotopic (exact) mass is 351 g/mol. The van der Waals surface area contributed by atoms with E-state index in [4.69, 9.17) is 9.47 Å². The molecule has 0 amide bonds. The van der Waals surface area contributed by atoms with E-state index in [9.17, 15) is 14.0 Å². The molecule has 2 heterocycles. The average Bonchev–Trinajstić information content (AvgIpc) is 2.55. The summed E-state index contributed by atoms with van der Waals surface area (Å²) in [4.78, 5) is 28.7. The molecule has 0 fully saturated rings. The van der Waals surface area contributed by atoms with Crippen molar-refractivity contribution in [3.05, 3.63) is 34.1 Å². The summed E-state index contributed by atoms with van der Waals surface area (Å²) in [7, 11) is 1.37. The van der Waals surface area contributed by atoms with Crippen LogP contribution >= 0.6 is 0 Å². The number of nitrogens with one attached hydrogen (secondary N) is 1. The van der Waals surface area contributed by atoms with Crippen LogP contribution in [0.5, 0.6) is 5.75 Å². The predicted octanol–water partition coefficient (Wildman–Crippen LogP) is 2.16. The average molecular weight is 351 g/mol. The molecule has 0 saturated heterocycles. The molecule has 0 unspecified atom stereocenters. The number of fused-ring (bicyclic) bond motifs is 1. The number of pyridine rings is 1. The quantitative estimate of drug-likeness (QED) is 0.803. The fourth-order valence-electron chi connectivity index (χ4n) is 2.46. The first kappa shape index (κ1) is 18.7. The molecule has 2 aromatic rings. The summed E-state index contributed by atoms with van der Waals surface area (Å²) in [6, 6.07) is 1.19. The zero-order valence-corrected chi connectivity index (χ0v) is 15.0. The van der Waals surface area contributed by atoms with Gasteiger partial charge in [0.15, 0.2) is 11.5 Å². The van der Waals surface area contributed by atoms with Crippen molar-refractivity contribution in [3.63, 3.8) is 0 Å². The summed E-state index contributed by atoms with van der Waals surface area (Å²) < 4.78 is 25.7. The maximum Gasteiger partial charge on any atom is 0.331 e. The molecule has 25 heavy (non-hydrogen) atoms. The van der Waals surface area contributed by atoms with Crippen LogP contribution in [0.4, 0.5) is 10.1 Å². The topological polar surface area (TPSA) is 81.9 Å². The minimum atomic E-state index is -1.10. The Morgan fingerprint density at radius 2 is 2.08 bits per heavy atom. The van der Waals surface area contributed by atoms with Crippen molar-refractivity contribution >= 4 is 17.3 Å². The molecule has 0 saturated carbocycles. The van der Waals surface area contributed by atoms with Gasteiger partial charge in [-0.15, -0.1) is 0 Å². The third-order valence-corrected chi connectivity index (χ3v) is 3.69. The van der Waals surface area contributed by atoms with Crippen molar-refractivity contribution in [2.24, 2.45) is 0 Å². The Hall–Kier alpha value is -2.64. The van der Waals surface area contributed by atoms with Gasteiger partial charge in [0.05, 0.1) is 25.1 Å². The van der Waals surface area contributed by atoms with Gasteiger partial charge in [-0.25, -0.2) is 14.2 Å². The highest BCUT2D eigenvalue weighted by Crippen LogP contribution is 2.21. The number of aromatic nitrogens is 2. The summed E-state index contributed by atoms with van der Waals surface area (Å²) >= 11 is 0. The first-order valence-electron chi connectivity index (χ1n) is 7.99. The Bertz CT molecular complexity index is 861. The molecule has 2 aromatic heterocycles. The van der Waals surface area contributed by atoms with Crippen molar-refractivity contribution in [3.8, 4) is 5.75 Å². The number of ether oxygens (including phenoxy) is 2. The summed E-state index contributed by atoms with van der Waals surface area (Å²) in [5.74, 6) is -1.10. The number of carbonyl (C=O) groups excluding carboxylic acids is 1. The van der Waals surface area contributed by atoms with Crippen LogP contribution < -0.4 is 15.6 Å². The van der Waals surface area contributed by atoms with Gasteiger partial charge in [0.2, 0.25) is 5.75 Å². The molecular formula is C17H22FN3O4. The van der Waals surface area contributed by atoms with Crippen LogP contribution in [0.3, 0.4) is 0 Å². The van der Waals surface area contributed by atoms with Crippen molar-refractivity contribution in [1.82, 2.24) is 9.38 Å². The van der Waals surface area contributed by atoms with Gasteiger partial charge >= 0.3 is 11.5 Å². The van der Waals surface area contributed by atoms with E-state index >= 15 is 0 Å². The SMILES string of the molecule is CCOC(=O)C(C)(C)Nc1cc(F)c2nc(CC)c(OC)c(=O)n2c1. The number of hydrogen-bond acceptors (Lipinski definition) is 6. The lowest BCUT2D eigenvalue weighted by atomic mass is 10.1. The number of halogens is 1. The van der Waals surface area contributed by atoms with E-state index in [1.807, 2.05) is 0 Å². The van der Waals surface area contributed by atoms with Gasteiger partial charge in [0.1, 0.15) is 5.54 Å². The Morgan fingerprint density at radius 3 is 2.64 bits per heavy atom. The number of esters is 1. The number of hydrogen-bond donors (Lipinski definition) is 1. The van der Waals surface area contributed by atoms with E-state index in [2.05, 4.69) is 10.3 Å². The Kier molecular flexibility index (Phi) is 5.30. The van der Waals surface area contributed by atoms with Crippen LogP contribution in [-0.2, 0) is 16.0 Å². The Morgan fingerprint density at radius 1 is 1.40 bits per heavy atom. The van der Waals surface area contributed by atoms with E-state index < -0.39 is 22.9 Å². The second kappa shape index (κ2) is 7.08. The summed E-state index contributed by atoms with van der Waals surface area (Å²) in [5, 5.41) is 2.89. The molecule has 2 rings (SSSR count). The van der Waals surface area contributed by atoms with Crippen LogP contribution in [0.15, 0.2) is 17.1 Å². The molecule has 0 spiro atoms. The van der Waals surface area contributed by atoms with Gasteiger partial charge in [-0.1, -0.05) is 6.92 Å². The molecule has 0 bridgehead atoms. The molecule has 0 aliphatic carbocycles. The van der Waals surface area contributed by atoms with Crippen LogP contribution in [0.2, 0.25) is 0 Å². The minimum Gasteiger partial charge on any atom is -0.490 e. The maximum absolute atomic E-state index is 14.5. The van der Waals surface area contributed by atoms with Gasteiger partial charge in [-0.3, -0.25) is 9.20 Å². The van der Waals surface area contributed by atoms with Gasteiger partial charge < -0.3 is 14.8 Å². The second-order valence-corrected chi connectivity index (χ2v) is 5.99. The summed E-state index contributed by atoms with van der Waals surface area (Å²) in [5.41, 5.74) is -1.07. The smallest absolute Gasteiger partial charge is 0.331 e. The van der Waals surface area contributed by atoms with E-state index in [-0.39, 0.29) is 23.7 Å². The zero-order valence-electron chi connectivity index (χ0n) is 15.0. The molecule has 0 aliphatic heterocycles. The highest BCUT2D eigenvalue weighted by Gasteiger charge is 2.29. The molecule has 0 aliphatic rings. The van der Waals surface area contributed by atoms with Crippen molar-refractivity contribution in [1.29, 1.82) is 0 Å². The van der Waals surface area contributed by atoms with Crippen LogP contribution in [0, 0.1) is 5.82 Å². The van der Waals surface area contributed by atoms with Crippen molar-refractivity contribution in [2.75, 3.05) is 19.0 Å².